The fourth-order valence-corrected chi connectivity index (χ4v) is 6.92. The molecule has 4 atom stereocenters. The van der Waals surface area contributed by atoms with E-state index in [9.17, 15) is 19.8 Å². The van der Waals surface area contributed by atoms with Crippen molar-refractivity contribution in [1.82, 2.24) is 4.90 Å². The Morgan fingerprint density at radius 3 is 2.64 bits per heavy atom. The van der Waals surface area contributed by atoms with Gasteiger partial charge in [-0.1, -0.05) is 12.2 Å². The highest BCUT2D eigenvalue weighted by Gasteiger charge is 2.59. The first kappa shape index (κ1) is 30.4. The number of allylic oxidation sites excluding steroid dienone is 1. The summed E-state index contributed by atoms with van der Waals surface area (Å²) < 4.78 is 28.7. The van der Waals surface area contributed by atoms with Crippen LogP contribution < -0.4 is 9.47 Å². The number of hydrogen-bond acceptors (Lipinski definition) is 10. The monoisotopic (exact) mass is 585 g/mol. The van der Waals surface area contributed by atoms with Gasteiger partial charge in [-0.05, 0) is 95.2 Å². The summed E-state index contributed by atoms with van der Waals surface area (Å²) in [7, 11) is 1.56. The topological polar surface area (TPSA) is 124 Å². The number of carbonyl (C=O) groups is 2. The van der Waals surface area contributed by atoms with E-state index in [0.29, 0.717) is 30.1 Å². The molecule has 3 aliphatic heterocycles. The molecule has 1 spiro atoms. The summed E-state index contributed by atoms with van der Waals surface area (Å²) in [5.74, 6) is -0.0707. The Kier molecular flexibility index (Phi) is 8.60. The first-order chi connectivity index (χ1) is 20.0. The van der Waals surface area contributed by atoms with Gasteiger partial charge in [-0.15, -0.1) is 0 Å². The van der Waals surface area contributed by atoms with E-state index in [1.54, 1.807) is 40.0 Å². The number of esters is 2. The molecule has 0 saturated carbocycles. The molecule has 0 bridgehead atoms. The summed E-state index contributed by atoms with van der Waals surface area (Å²) in [5, 5.41) is 21.9. The number of methoxy groups -OCH3 is 1. The second-order valence-corrected chi connectivity index (χ2v) is 12.4. The first-order valence-corrected chi connectivity index (χ1v) is 14.9. The summed E-state index contributed by atoms with van der Waals surface area (Å²) in [6.07, 6.45) is 7.29. The zero-order valence-corrected chi connectivity index (χ0v) is 25.0. The van der Waals surface area contributed by atoms with Crippen LogP contribution in [0, 0.1) is 0 Å². The smallest absolute Gasteiger partial charge is 0.339 e. The molecule has 5 rings (SSSR count). The molecule has 1 aromatic carbocycles. The molecular weight excluding hydrogens is 542 g/mol. The van der Waals surface area contributed by atoms with Crippen molar-refractivity contribution in [3.05, 3.63) is 47.2 Å². The van der Waals surface area contributed by atoms with E-state index < -0.39 is 41.2 Å². The van der Waals surface area contributed by atoms with Crippen LogP contribution in [0.4, 0.5) is 0 Å². The van der Waals surface area contributed by atoms with Crippen LogP contribution in [0.15, 0.2) is 36.1 Å². The summed E-state index contributed by atoms with van der Waals surface area (Å²) in [6, 6.07) is 4.01. The molecule has 1 fully saturated rings. The van der Waals surface area contributed by atoms with E-state index in [1.165, 1.54) is 0 Å². The summed E-state index contributed by atoms with van der Waals surface area (Å²) in [5.41, 5.74) is -1.48. The Morgan fingerprint density at radius 1 is 1.17 bits per heavy atom. The third-order valence-electron chi connectivity index (χ3n) is 8.97. The van der Waals surface area contributed by atoms with Crippen LogP contribution in [0.5, 0.6) is 11.5 Å². The molecule has 10 nitrogen and oxygen atoms in total. The second kappa shape index (κ2) is 11.9. The SMILES string of the molecule is C/C=C/COC(=O)C[C@](O)(CCCC(C)(C)O)C(=O)OC1C(OC)=C[C@]23CCCN2CCc2cc4c(cc2[C@H]13)OCO4. The van der Waals surface area contributed by atoms with Crippen molar-refractivity contribution in [2.45, 2.75) is 94.5 Å². The van der Waals surface area contributed by atoms with Gasteiger partial charge in [0, 0.05) is 6.54 Å². The lowest BCUT2D eigenvalue weighted by atomic mass is 9.77. The highest BCUT2D eigenvalue weighted by molar-refractivity contribution is 5.86. The molecule has 2 N–H and O–H groups in total. The minimum Gasteiger partial charge on any atom is -0.497 e. The Labute approximate surface area is 247 Å². The van der Waals surface area contributed by atoms with Crippen LogP contribution in [0.3, 0.4) is 0 Å². The fourth-order valence-electron chi connectivity index (χ4n) is 6.92. The molecule has 3 heterocycles. The van der Waals surface area contributed by atoms with Gasteiger partial charge in [0.15, 0.2) is 23.2 Å². The summed E-state index contributed by atoms with van der Waals surface area (Å²) in [4.78, 5) is 29.1. The average molecular weight is 586 g/mol. The van der Waals surface area contributed by atoms with Crippen LogP contribution >= 0.6 is 0 Å². The minimum atomic E-state index is -2.15. The maximum Gasteiger partial charge on any atom is 0.339 e. The third-order valence-corrected chi connectivity index (χ3v) is 8.97. The molecule has 4 aliphatic rings. The second-order valence-electron chi connectivity index (χ2n) is 12.4. The maximum atomic E-state index is 14.0. The van der Waals surface area contributed by atoms with Crippen molar-refractivity contribution in [3.8, 4) is 11.5 Å². The summed E-state index contributed by atoms with van der Waals surface area (Å²) >= 11 is 0. The van der Waals surface area contributed by atoms with Crippen molar-refractivity contribution in [2.24, 2.45) is 0 Å². The van der Waals surface area contributed by atoms with Crippen molar-refractivity contribution < 1.29 is 43.5 Å². The van der Waals surface area contributed by atoms with E-state index in [-0.39, 0.29) is 25.7 Å². The van der Waals surface area contributed by atoms with Crippen LogP contribution in [0.25, 0.3) is 0 Å². The lowest BCUT2D eigenvalue weighted by Crippen LogP contribution is -2.49. The Hall–Kier alpha value is -3.08. The number of nitrogens with zero attached hydrogens (tertiary/aromatic N) is 1. The van der Waals surface area contributed by atoms with Crippen LogP contribution in [-0.4, -0.2) is 83.5 Å². The third kappa shape index (κ3) is 5.89. The Balaban J connectivity index is 1.47. The molecule has 42 heavy (non-hydrogen) atoms. The predicted octanol–water partition coefficient (Wildman–Crippen LogP) is 3.53. The van der Waals surface area contributed by atoms with Gasteiger partial charge >= 0.3 is 11.9 Å². The molecule has 0 amide bonds. The summed E-state index contributed by atoms with van der Waals surface area (Å²) in [6.45, 7) is 7.05. The van der Waals surface area contributed by atoms with Gasteiger partial charge in [-0.3, -0.25) is 9.69 Å². The highest BCUT2D eigenvalue weighted by Crippen LogP contribution is 2.55. The molecule has 0 radical (unpaired) electrons. The fraction of sp³-hybridized carbons (Fsp3) is 0.625. The maximum absolute atomic E-state index is 14.0. The van der Waals surface area contributed by atoms with E-state index in [1.807, 2.05) is 12.1 Å². The molecule has 230 valence electrons. The van der Waals surface area contributed by atoms with Crippen molar-refractivity contribution in [1.29, 1.82) is 0 Å². The number of rotatable bonds is 11. The molecule has 0 aromatic heterocycles. The van der Waals surface area contributed by atoms with E-state index in [0.717, 1.165) is 43.5 Å². The van der Waals surface area contributed by atoms with Crippen LogP contribution in [-0.2, 0) is 30.2 Å². The van der Waals surface area contributed by atoms with Gasteiger partial charge in [0.2, 0.25) is 6.79 Å². The van der Waals surface area contributed by atoms with Crippen molar-refractivity contribution >= 4 is 11.9 Å². The number of fused-ring (bicyclic) bond motifs is 3. The lowest BCUT2D eigenvalue weighted by molar-refractivity contribution is -0.179. The number of benzene rings is 1. The number of ether oxygens (including phenoxy) is 5. The van der Waals surface area contributed by atoms with Crippen LogP contribution in [0.1, 0.15) is 76.3 Å². The standard InChI is InChI=1S/C32H43NO9/c1-5-6-15-39-26(34)19-32(37,12-7-10-30(2,3)36)29(35)42-28-25(38-4)18-31-11-8-13-33(31)14-9-21-16-23-24(41-20-40-23)17-22(21)27(28)31/h5-6,16-18,27-28,36-37H,7-15,19-20H2,1-4H3/b6-5+/t27-,28?,31+,32-/m1/s1. The largest absolute Gasteiger partial charge is 0.497 e. The van der Waals surface area contributed by atoms with Gasteiger partial charge in [-0.25, -0.2) is 4.79 Å². The van der Waals surface area contributed by atoms with Crippen LogP contribution in [0.2, 0.25) is 0 Å². The quantitative estimate of drug-likeness (QED) is 0.294. The number of carbonyl (C=O) groups excluding carboxylic acids is 2. The predicted molar refractivity (Wildman–Crippen MR) is 153 cm³/mol. The number of hydrogen-bond donors (Lipinski definition) is 2. The first-order valence-electron chi connectivity index (χ1n) is 14.9. The zero-order valence-electron chi connectivity index (χ0n) is 25.0. The molecule has 1 aromatic rings. The van der Waals surface area contributed by atoms with Gasteiger partial charge in [-0.2, -0.15) is 0 Å². The molecule has 1 aliphatic carbocycles. The van der Waals surface area contributed by atoms with Gasteiger partial charge in [0.25, 0.3) is 0 Å². The lowest BCUT2D eigenvalue weighted by Gasteiger charge is -2.39. The normalized spacial score (nSPS) is 26.1. The number of aliphatic hydroxyl groups is 2. The Morgan fingerprint density at radius 2 is 1.93 bits per heavy atom. The molecule has 1 unspecified atom stereocenters. The highest BCUT2D eigenvalue weighted by atomic mass is 16.7. The van der Waals surface area contributed by atoms with Crippen molar-refractivity contribution in [3.63, 3.8) is 0 Å². The molecular formula is C32H43NO9. The van der Waals surface area contributed by atoms with E-state index >= 15 is 0 Å². The van der Waals surface area contributed by atoms with Gasteiger partial charge in [0.1, 0.15) is 12.4 Å². The minimum absolute atomic E-state index is 0.0383. The zero-order chi connectivity index (χ0) is 30.1. The van der Waals surface area contributed by atoms with Gasteiger partial charge < -0.3 is 33.9 Å². The Bertz CT molecular complexity index is 1250. The van der Waals surface area contributed by atoms with E-state index in [4.69, 9.17) is 23.7 Å². The van der Waals surface area contributed by atoms with Gasteiger partial charge in [0.05, 0.1) is 30.6 Å². The average Bonchev–Trinajstić information content (AvgIpc) is 3.61. The van der Waals surface area contributed by atoms with Crippen molar-refractivity contribution in [2.75, 3.05) is 33.6 Å². The molecule has 10 heteroatoms. The molecule has 1 saturated heterocycles. The van der Waals surface area contributed by atoms with E-state index in [2.05, 4.69) is 11.0 Å².